The van der Waals surface area contributed by atoms with Crippen molar-refractivity contribution in [1.29, 1.82) is 0 Å². The van der Waals surface area contributed by atoms with E-state index in [2.05, 4.69) is 0 Å². The lowest BCUT2D eigenvalue weighted by atomic mass is 9.74. The van der Waals surface area contributed by atoms with Gasteiger partial charge in [-0.3, -0.25) is 0 Å². The van der Waals surface area contributed by atoms with E-state index >= 15 is 0 Å². The standard InChI is InChI=1S/C25H36ClFO2/c26-23-13-12-22(17-24(23)27)21-10-7-20(8-11-21)6-3-18-1-4-19(5-2-18)9-14-25-28-15-16-29-25/h12-13,17-21,25H,1-11,14-16H2. The zero-order valence-corrected chi connectivity index (χ0v) is 18.3. The van der Waals surface area contributed by atoms with E-state index in [4.69, 9.17) is 21.1 Å². The fourth-order valence-electron chi connectivity index (χ4n) is 5.78. The molecule has 3 fully saturated rings. The molecule has 2 saturated carbocycles. The van der Waals surface area contributed by atoms with E-state index in [9.17, 15) is 4.39 Å². The molecule has 162 valence electrons. The zero-order chi connectivity index (χ0) is 20.1. The van der Waals surface area contributed by atoms with Gasteiger partial charge in [0, 0.05) is 0 Å². The first kappa shape index (κ1) is 21.6. The maximum Gasteiger partial charge on any atom is 0.157 e. The molecule has 0 N–H and O–H groups in total. The van der Waals surface area contributed by atoms with Gasteiger partial charge >= 0.3 is 0 Å². The smallest absolute Gasteiger partial charge is 0.157 e. The Hall–Kier alpha value is -0.640. The van der Waals surface area contributed by atoms with Crippen molar-refractivity contribution in [1.82, 2.24) is 0 Å². The summed E-state index contributed by atoms with van der Waals surface area (Å²) in [5.41, 5.74) is 1.14. The molecule has 1 aromatic carbocycles. The summed E-state index contributed by atoms with van der Waals surface area (Å²) in [7, 11) is 0. The Labute approximate surface area is 180 Å². The molecule has 29 heavy (non-hydrogen) atoms. The van der Waals surface area contributed by atoms with Crippen LogP contribution in [0.2, 0.25) is 5.02 Å². The van der Waals surface area contributed by atoms with Crippen LogP contribution in [0.3, 0.4) is 0 Å². The molecule has 4 heteroatoms. The molecule has 0 amide bonds. The minimum absolute atomic E-state index is 0.0761. The van der Waals surface area contributed by atoms with Crippen LogP contribution in [-0.2, 0) is 9.47 Å². The number of halogens is 2. The van der Waals surface area contributed by atoms with Gasteiger partial charge in [-0.25, -0.2) is 4.39 Å². The van der Waals surface area contributed by atoms with Gasteiger partial charge in [-0.2, -0.15) is 0 Å². The van der Waals surface area contributed by atoms with Crippen molar-refractivity contribution in [3.8, 4) is 0 Å². The van der Waals surface area contributed by atoms with Crippen LogP contribution in [0.1, 0.15) is 88.5 Å². The maximum atomic E-state index is 13.7. The van der Waals surface area contributed by atoms with Crippen molar-refractivity contribution in [3.05, 3.63) is 34.6 Å². The highest BCUT2D eigenvalue weighted by molar-refractivity contribution is 6.30. The van der Waals surface area contributed by atoms with Crippen molar-refractivity contribution in [2.24, 2.45) is 17.8 Å². The predicted octanol–water partition coefficient (Wildman–Crippen LogP) is 7.49. The van der Waals surface area contributed by atoms with Crippen LogP contribution >= 0.6 is 11.6 Å². The molecule has 2 nitrogen and oxygen atoms in total. The highest BCUT2D eigenvalue weighted by Crippen LogP contribution is 2.40. The highest BCUT2D eigenvalue weighted by atomic mass is 35.5. The Morgan fingerprint density at radius 1 is 0.759 bits per heavy atom. The summed E-state index contributed by atoms with van der Waals surface area (Å²) >= 11 is 5.83. The average molecular weight is 423 g/mol. The normalized spacial score (nSPS) is 31.2. The minimum Gasteiger partial charge on any atom is -0.350 e. The van der Waals surface area contributed by atoms with Crippen molar-refractivity contribution in [3.63, 3.8) is 0 Å². The Kier molecular flexibility index (Phi) is 7.89. The lowest BCUT2D eigenvalue weighted by Gasteiger charge is -2.32. The number of benzene rings is 1. The first-order valence-corrected chi connectivity index (χ1v) is 12.2. The third-order valence-electron chi connectivity index (χ3n) is 7.71. The summed E-state index contributed by atoms with van der Waals surface area (Å²) in [6, 6.07) is 5.37. The fourth-order valence-corrected chi connectivity index (χ4v) is 5.89. The molecular formula is C25H36ClFO2. The van der Waals surface area contributed by atoms with Crippen LogP contribution in [0.25, 0.3) is 0 Å². The Balaban J connectivity index is 1.11. The molecule has 0 atom stereocenters. The molecule has 1 heterocycles. The minimum atomic E-state index is -0.273. The summed E-state index contributed by atoms with van der Waals surface area (Å²) in [6.07, 6.45) is 15.8. The molecular weight excluding hydrogens is 387 g/mol. The molecule has 0 radical (unpaired) electrons. The van der Waals surface area contributed by atoms with Gasteiger partial charge in [0.25, 0.3) is 0 Å². The highest BCUT2D eigenvalue weighted by Gasteiger charge is 2.26. The number of ether oxygens (including phenoxy) is 2. The molecule has 4 rings (SSSR count). The van der Waals surface area contributed by atoms with Gasteiger partial charge in [-0.05, 0) is 79.9 Å². The Bertz CT molecular complexity index is 630. The van der Waals surface area contributed by atoms with E-state index in [1.54, 1.807) is 12.1 Å². The van der Waals surface area contributed by atoms with Gasteiger partial charge in [0.05, 0.1) is 18.2 Å². The van der Waals surface area contributed by atoms with E-state index in [-0.39, 0.29) is 17.1 Å². The van der Waals surface area contributed by atoms with Crippen molar-refractivity contribution in [2.75, 3.05) is 13.2 Å². The Morgan fingerprint density at radius 3 is 1.83 bits per heavy atom. The van der Waals surface area contributed by atoms with Crippen LogP contribution in [-0.4, -0.2) is 19.5 Å². The summed E-state index contributed by atoms with van der Waals surface area (Å²) in [4.78, 5) is 0. The van der Waals surface area contributed by atoms with Gasteiger partial charge in [0.15, 0.2) is 6.29 Å². The van der Waals surface area contributed by atoms with Crippen molar-refractivity contribution in [2.45, 2.75) is 89.3 Å². The van der Waals surface area contributed by atoms with Crippen LogP contribution in [0.15, 0.2) is 18.2 Å². The van der Waals surface area contributed by atoms with Gasteiger partial charge in [-0.1, -0.05) is 56.2 Å². The summed E-state index contributed by atoms with van der Waals surface area (Å²) in [5, 5.41) is 0.234. The first-order valence-electron chi connectivity index (χ1n) is 11.9. The second-order valence-electron chi connectivity index (χ2n) is 9.60. The molecule has 0 spiro atoms. The number of rotatable bonds is 7. The number of hydrogen-bond acceptors (Lipinski definition) is 2. The molecule has 2 aliphatic carbocycles. The number of hydrogen-bond donors (Lipinski definition) is 0. The van der Waals surface area contributed by atoms with E-state index < -0.39 is 0 Å². The SMILES string of the molecule is Fc1cc(C2CCC(CCC3CCC(CCC4OCCO4)CC3)CC2)ccc1Cl. The summed E-state index contributed by atoms with van der Waals surface area (Å²) < 4.78 is 24.9. The van der Waals surface area contributed by atoms with Crippen molar-refractivity contribution < 1.29 is 13.9 Å². The van der Waals surface area contributed by atoms with Gasteiger partial charge < -0.3 is 9.47 Å². The van der Waals surface area contributed by atoms with E-state index in [1.165, 1.54) is 70.6 Å². The molecule has 1 aliphatic heterocycles. The predicted molar refractivity (Wildman–Crippen MR) is 116 cm³/mol. The largest absolute Gasteiger partial charge is 0.350 e. The van der Waals surface area contributed by atoms with E-state index in [0.29, 0.717) is 5.92 Å². The molecule has 0 unspecified atom stereocenters. The monoisotopic (exact) mass is 422 g/mol. The van der Waals surface area contributed by atoms with E-state index in [0.717, 1.165) is 43.0 Å². The molecule has 1 aromatic rings. The first-order chi connectivity index (χ1) is 14.2. The van der Waals surface area contributed by atoms with Gasteiger partial charge in [-0.15, -0.1) is 0 Å². The lowest BCUT2D eigenvalue weighted by Crippen LogP contribution is -2.19. The zero-order valence-electron chi connectivity index (χ0n) is 17.6. The fraction of sp³-hybridized carbons (Fsp3) is 0.760. The Morgan fingerprint density at radius 2 is 1.28 bits per heavy atom. The van der Waals surface area contributed by atoms with E-state index in [1.807, 2.05) is 6.07 Å². The summed E-state index contributed by atoms with van der Waals surface area (Å²) in [5.74, 6) is 2.94. The quantitative estimate of drug-likeness (QED) is 0.453. The van der Waals surface area contributed by atoms with Crippen LogP contribution in [0, 0.1) is 23.6 Å². The lowest BCUT2D eigenvalue weighted by molar-refractivity contribution is -0.0512. The van der Waals surface area contributed by atoms with Crippen LogP contribution in [0.4, 0.5) is 4.39 Å². The third kappa shape index (κ3) is 6.18. The van der Waals surface area contributed by atoms with Crippen LogP contribution < -0.4 is 0 Å². The maximum absolute atomic E-state index is 13.7. The van der Waals surface area contributed by atoms with Gasteiger partial charge in [0.2, 0.25) is 0 Å². The van der Waals surface area contributed by atoms with Crippen LogP contribution in [0.5, 0.6) is 0 Å². The molecule has 0 bridgehead atoms. The molecule has 3 aliphatic rings. The van der Waals surface area contributed by atoms with Crippen molar-refractivity contribution >= 4 is 11.6 Å². The molecule has 0 aromatic heterocycles. The topological polar surface area (TPSA) is 18.5 Å². The average Bonchev–Trinajstić information content (AvgIpc) is 3.28. The second kappa shape index (κ2) is 10.6. The third-order valence-corrected chi connectivity index (χ3v) is 8.02. The second-order valence-corrected chi connectivity index (χ2v) is 10.0. The van der Waals surface area contributed by atoms with Gasteiger partial charge in [0.1, 0.15) is 5.82 Å². The molecule has 1 saturated heterocycles. The summed E-state index contributed by atoms with van der Waals surface area (Å²) in [6.45, 7) is 1.55.